The molecule has 1 aromatic carbocycles. The minimum atomic E-state index is -0.830. The zero-order valence-electron chi connectivity index (χ0n) is 12.5. The van der Waals surface area contributed by atoms with Crippen LogP contribution in [0.1, 0.15) is 11.1 Å². The summed E-state index contributed by atoms with van der Waals surface area (Å²) in [5.74, 6) is -0.861. The standard InChI is InChI=1S/C16H16N4O3/c1-23-14-4-2-12(3-5-14)10-18-15(21)16(22)20-19-11-13-6-8-17-9-7-13/h2-9,11H,10H2,1H3,(H,18,21)(H,20,22)/b19-11-. The Hall–Kier alpha value is -3.22. The molecule has 2 amide bonds. The van der Waals surface area contributed by atoms with E-state index in [1.54, 1.807) is 55.9 Å². The lowest BCUT2D eigenvalue weighted by atomic mass is 10.2. The van der Waals surface area contributed by atoms with Gasteiger partial charge in [-0.3, -0.25) is 14.6 Å². The minimum absolute atomic E-state index is 0.240. The maximum absolute atomic E-state index is 11.7. The molecule has 0 spiro atoms. The number of benzene rings is 1. The van der Waals surface area contributed by atoms with Gasteiger partial charge in [0, 0.05) is 18.9 Å². The highest BCUT2D eigenvalue weighted by molar-refractivity contribution is 6.35. The molecule has 0 aliphatic heterocycles. The Morgan fingerprint density at radius 1 is 1.13 bits per heavy atom. The third kappa shape index (κ3) is 5.24. The van der Waals surface area contributed by atoms with Crippen LogP contribution in [0.25, 0.3) is 0 Å². The molecule has 1 aromatic heterocycles. The van der Waals surface area contributed by atoms with Crippen LogP contribution in [0.4, 0.5) is 0 Å². The molecule has 0 aliphatic carbocycles. The average molecular weight is 312 g/mol. The van der Waals surface area contributed by atoms with E-state index < -0.39 is 11.8 Å². The van der Waals surface area contributed by atoms with Crippen molar-refractivity contribution in [3.63, 3.8) is 0 Å². The van der Waals surface area contributed by atoms with Gasteiger partial charge in [-0.15, -0.1) is 0 Å². The average Bonchev–Trinajstić information content (AvgIpc) is 2.61. The molecule has 0 saturated heterocycles. The molecule has 2 rings (SSSR count). The van der Waals surface area contributed by atoms with Crippen LogP contribution in [0.5, 0.6) is 5.75 Å². The highest BCUT2D eigenvalue weighted by Crippen LogP contribution is 2.10. The quantitative estimate of drug-likeness (QED) is 0.486. The molecule has 0 saturated carbocycles. The number of hydrazone groups is 1. The van der Waals surface area contributed by atoms with Gasteiger partial charge in [0.2, 0.25) is 0 Å². The van der Waals surface area contributed by atoms with Crippen molar-refractivity contribution in [1.82, 2.24) is 15.7 Å². The fourth-order valence-corrected chi connectivity index (χ4v) is 1.67. The Morgan fingerprint density at radius 2 is 1.83 bits per heavy atom. The fraction of sp³-hybridized carbons (Fsp3) is 0.125. The summed E-state index contributed by atoms with van der Waals surface area (Å²) in [5, 5.41) is 6.22. The molecule has 7 nitrogen and oxygen atoms in total. The second-order valence-electron chi connectivity index (χ2n) is 4.51. The van der Waals surface area contributed by atoms with Gasteiger partial charge in [-0.2, -0.15) is 5.10 Å². The van der Waals surface area contributed by atoms with Crippen LogP contribution in [0.2, 0.25) is 0 Å². The van der Waals surface area contributed by atoms with E-state index in [4.69, 9.17) is 4.74 Å². The Bertz CT molecular complexity index is 684. The smallest absolute Gasteiger partial charge is 0.329 e. The highest BCUT2D eigenvalue weighted by Gasteiger charge is 2.11. The molecule has 1 heterocycles. The SMILES string of the molecule is COc1ccc(CNC(=O)C(=O)N/N=C\c2ccncc2)cc1. The van der Waals surface area contributed by atoms with Crippen LogP contribution >= 0.6 is 0 Å². The van der Waals surface area contributed by atoms with E-state index in [2.05, 4.69) is 20.8 Å². The maximum atomic E-state index is 11.7. The molecule has 2 aromatic rings. The first-order chi connectivity index (χ1) is 11.2. The van der Waals surface area contributed by atoms with Crippen molar-refractivity contribution in [3.05, 3.63) is 59.9 Å². The molecule has 23 heavy (non-hydrogen) atoms. The normalized spacial score (nSPS) is 10.3. The summed E-state index contributed by atoms with van der Waals surface area (Å²) in [7, 11) is 1.58. The lowest BCUT2D eigenvalue weighted by Crippen LogP contribution is -2.37. The monoisotopic (exact) mass is 312 g/mol. The number of rotatable bonds is 5. The minimum Gasteiger partial charge on any atom is -0.497 e. The van der Waals surface area contributed by atoms with E-state index in [1.165, 1.54) is 6.21 Å². The number of carbonyl (C=O) groups is 2. The Kier molecular flexibility index (Phi) is 5.81. The number of nitrogens with one attached hydrogen (secondary N) is 2. The molecule has 0 fully saturated rings. The zero-order chi connectivity index (χ0) is 16.5. The van der Waals surface area contributed by atoms with E-state index >= 15 is 0 Å². The van der Waals surface area contributed by atoms with Gasteiger partial charge in [0.15, 0.2) is 0 Å². The maximum Gasteiger partial charge on any atom is 0.329 e. The van der Waals surface area contributed by atoms with Crippen LogP contribution in [0.3, 0.4) is 0 Å². The van der Waals surface area contributed by atoms with Crippen molar-refractivity contribution in [2.75, 3.05) is 7.11 Å². The first kappa shape index (κ1) is 16.2. The molecular formula is C16H16N4O3. The van der Waals surface area contributed by atoms with Gasteiger partial charge in [-0.1, -0.05) is 12.1 Å². The third-order valence-electron chi connectivity index (χ3n) is 2.90. The van der Waals surface area contributed by atoms with Gasteiger partial charge in [-0.25, -0.2) is 5.43 Å². The number of hydrogen-bond donors (Lipinski definition) is 2. The molecule has 0 radical (unpaired) electrons. The second-order valence-corrected chi connectivity index (χ2v) is 4.51. The van der Waals surface area contributed by atoms with Crippen LogP contribution in [-0.2, 0) is 16.1 Å². The van der Waals surface area contributed by atoms with Crippen molar-refractivity contribution >= 4 is 18.0 Å². The van der Waals surface area contributed by atoms with Crippen molar-refractivity contribution in [2.45, 2.75) is 6.54 Å². The largest absolute Gasteiger partial charge is 0.497 e. The predicted octanol–water partition coefficient (Wildman–Crippen LogP) is 0.857. The number of ether oxygens (including phenoxy) is 1. The van der Waals surface area contributed by atoms with Crippen molar-refractivity contribution in [3.8, 4) is 5.75 Å². The van der Waals surface area contributed by atoms with Gasteiger partial charge in [0.05, 0.1) is 13.3 Å². The number of methoxy groups -OCH3 is 1. The summed E-state index contributed by atoms with van der Waals surface area (Å²) < 4.78 is 5.04. The third-order valence-corrected chi connectivity index (χ3v) is 2.90. The van der Waals surface area contributed by atoms with Crippen LogP contribution in [0.15, 0.2) is 53.9 Å². The number of nitrogens with zero attached hydrogens (tertiary/aromatic N) is 2. The molecule has 2 N–H and O–H groups in total. The summed E-state index contributed by atoms with van der Waals surface area (Å²) in [6, 6.07) is 10.6. The van der Waals surface area contributed by atoms with Crippen molar-refractivity contribution in [2.24, 2.45) is 5.10 Å². The van der Waals surface area contributed by atoms with Gasteiger partial charge in [0.25, 0.3) is 0 Å². The number of aromatic nitrogens is 1. The van der Waals surface area contributed by atoms with Crippen LogP contribution in [0, 0.1) is 0 Å². The van der Waals surface area contributed by atoms with Crippen molar-refractivity contribution < 1.29 is 14.3 Å². The Labute approximate surface area is 133 Å². The molecule has 0 atom stereocenters. The highest BCUT2D eigenvalue weighted by atomic mass is 16.5. The first-order valence-electron chi connectivity index (χ1n) is 6.83. The first-order valence-corrected chi connectivity index (χ1v) is 6.83. The molecule has 0 aliphatic rings. The molecule has 118 valence electrons. The van der Waals surface area contributed by atoms with E-state index in [-0.39, 0.29) is 6.54 Å². The molecule has 7 heteroatoms. The van der Waals surface area contributed by atoms with E-state index in [1.807, 2.05) is 0 Å². The molecular weight excluding hydrogens is 296 g/mol. The lowest BCUT2D eigenvalue weighted by Gasteiger charge is -2.05. The molecule has 0 unspecified atom stereocenters. The summed E-state index contributed by atoms with van der Waals surface area (Å²) >= 11 is 0. The second kappa shape index (κ2) is 8.28. The number of pyridine rings is 1. The fourth-order valence-electron chi connectivity index (χ4n) is 1.67. The van der Waals surface area contributed by atoms with Gasteiger partial charge >= 0.3 is 11.8 Å². The van der Waals surface area contributed by atoms with Gasteiger partial charge in [-0.05, 0) is 35.4 Å². The Morgan fingerprint density at radius 3 is 2.48 bits per heavy atom. The lowest BCUT2D eigenvalue weighted by molar-refractivity contribution is -0.139. The van der Waals surface area contributed by atoms with Crippen molar-refractivity contribution in [1.29, 1.82) is 0 Å². The predicted molar refractivity (Wildman–Crippen MR) is 84.8 cm³/mol. The number of hydrogen-bond acceptors (Lipinski definition) is 5. The topological polar surface area (TPSA) is 92.7 Å². The van der Waals surface area contributed by atoms with E-state index in [0.29, 0.717) is 0 Å². The van der Waals surface area contributed by atoms with Gasteiger partial charge in [0.1, 0.15) is 5.75 Å². The van der Waals surface area contributed by atoms with E-state index in [0.717, 1.165) is 16.9 Å². The molecule has 0 bridgehead atoms. The number of carbonyl (C=O) groups excluding carboxylic acids is 2. The van der Waals surface area contributed by atoms with Crippen LogP contribution < -0.4 is 15.5 Å². The van der Waals surface area contributed by atoms with E-state index in [9.17, 15) is 9.59 Å². The summed E-state index contributed by atoms with van der Waals surface area (Å²) in [6.45, 7) is 0.240. The summed E-state index contributed by atoms with van der Waals surface area (Å²) in [6.07, 6.45) is 4.63. The summed E-state index contributed by atoms with van der Waals surface area (Å²) in [5.41, 5.74) is 3.78. The number of amides is 2. The Balaban J connectivity index is 1.78. The summed E-state index contributed by atoms with van der Waals surface area (Å²) in [4.78, 5) is 27.1. The van der Waals surface area contributed by atoms with Crippen LogP contribution in [-0.4, -0.2) is 30.1 Å². The van der Waals surface area contributed by atoms with Gasteiger partial charge < -0.3 is 10.1 Å². The zero-order valence-corrected chi connectivity index (χ0v) is 12.5.